The first kappa shape index (κ1) is 16.2. The van der Waals surface area contributed by atoms with Crippen LogP contribution < -0.4 is 0 Å². The lowest BCUT2D eigenvalue weighted by atomic mass is 10.1. The standard InChI is InChI=1S/C15H28O2/c1-4-5-6-7-8-9-10-11-12-13-15(16)17-14(2)3/h2,4-13H2,1,3H3. The zero-order valence-electron chi connectivity index (χ0n) is 11.6. The maximum absolute atomic E-state index is 11.2. The van der Waals surface area contributed by atoms with Crippen LogP contribution >= 0.6 is 0 Å². The van der Waals surface area contributed by atoms with E-state index in [4.69, 9.17) is 4.74 Å². The Bertz CT molecular complexity index is 209. The second-order valence-corrected chi connectivity index (χ2v) is 4.75. The van der Waals surface area contributed by atoms with Crippen molar-refractivity contribution < 1.29 is 9.53 Å². The van der Waals surface area contributed by atoms with Gasteiger partial charge in [-0.3, -0.25) is 4.79 Å². The molecular formula is C15H28O2. The highest BCUT2D eigenvalue weighted by Gasteiger charge is 2.02. The number of esters is 1. The lowest BCUT2D eigenvalue weighted by molar-refractivity contribution is -0.139. The number of allylic oxidation sites excluding steroid dienone is 1. The molecule has 0 aliphatic rings. The van der Waals surface area contributed by atoms with Gasteiger partial charge in [0.25, 0.3) is 0 Å². The first-order chi connectivity index (χ1) is 8.16. The zero-order valence-corrected chi connectivity index (χ0v) is 11.6. The van der Waals surface area contributed by atoms with Gasteiger partial charge < -0.3 is 4.74 Å². The van der Waals surface area contributed by atoms with E-state index in [0.717, 1.165) is 12.8 Å². The van der Waals surface area contributed by atoms with Gasteiger partial charge >= 0.3 is 5.97 Å². The third kappa shape index (κ3) is 13.1. The Morgan fingerprint density at radius 2 is 1.41 bits per heavy atom. The van der Waals surface area contributed by atoms with Crippen LogP contribution in [0.15, 0.2) is 12.3 Å². The summed E-state index contributed by atoms with van der Waals surface area (Å²) in [5.41, 5.74) is 0. The summed E-state index contributed by atoms with van der Waals surface area (Å²) in [6.07, 6.45) is 11.9. The molecule has 0 aromatic heterocycles. The Balaban J connectivity index is 3.13. The second kappa shape index (κ2) is 11.7. The van der Waals surface area contributed by atoms with Crippen LogP contribution in [0.2, 0.25) is 0 Å². The molecule has 100 valence electrons. The molecule has 0 N–H and O–H groups in total. The van der Waals surface area contributed by atoms with Gasteiger partial charge in [-0.15, -0.1) is 0 Å². The maximum Gasteiger partial charge on any atom is 0.310 e. The van der Waals surface area contributed by atoms with Crippen LogP contribution in [0.25, 0.3) is 0 Å². The molecule has 0 spiro atoms. The van der Waals surface area contributed by atoms with Gasteiger partial charge in [0, 0.05) is 6.42 Å². The van der Waals surface area contributed by atoms with Gasteiger partial charge in [0.2, 0.25) is 0 Å². The van der Waals surface area contributed by atoms with E-state index in [9.17, 15) is 4.79 Å². The van der Waals surface area contributed by atoms with Crippen LogP contribution in [0.5, 0.6) is 0 Å². The highest BCUT2D eigenvalue weighted by Crippen LogP contribution is 2.11. The zero-order chi connectivity index (χ0) is 12.9. The minimum absolute atomic E-state index is 0.138. The van der Waals surface area contributed by atoms with E-state index in [1.807, 2.05) is 0 Å². The van der Waals surface area contributed by atoms with E-state index in [1.165, 1.54) is 44.9 Å². The molecule has 0 aromatic rings. The van der Waals surface area contributed by atoms with Crippen molar-refractivity contribution in [2.45, 2.75) is 78.1 Å². The Morgan fingerprint density at radius 3 is 1.88 bits per heavy atom. The molecule has 0 radical (unpaired) electrons. The van der Waals surface area contributed by atoms with Crippen molar-refractivity contribution in [1.29, 1.82) is 0 Å². The van der Waals surface area contributed by atoms with Gasteiger partial charge in [-0.1, -0.05) is 64.9 Å². The molecule has 0 unspecified atom stereocenters. The van der Waals surface area contributed by atoms with Crippen molar-refractivity contribution in [2.24, 2.45) is 0 Å². The molecule has 17 heavy (non-hydrogen) atoms. The van der Waals surface area contributed by atoms with Crippen molar-refractivity contribution in [1.82, 2.24) is 0 Å². The fraction of sp³-hybridized carbons (Fsp3) is 0.800. The van der Waals surface area contributed by atoms with Crippen LogP contribution in [-0.4, -0.2) is 5.97 Å². The average Bonchev–Trinajstić information content (AvgIpc) is 2.26. The monoisotopic (exact) mass is 240 g/mol. The van der Waals surface area contributed by atoms with Crippen LogP contribution in [0.4, 0.5) is 0 Å². The molecule has 2 nitrogen and oxygen atoms in total. The fourth-order valence-electron chi connectivity index (χ4n) is 1.83. The largest absolute Gasteiger partial charge is 0.432 e. The van der Waals surface area contributed by atoms with E-state index in [2.05, 4.69) is 13.5 Å². The van der Waals surface area contributed by atoms with E-state index < -0.39 is 0 Å². The van der Waals surface area contributed by atoms with E-state index in [0.29, 0.717) is 12.2 Å². The molecule has 0 saturated heterocycles. The molecule has 2 heteroatoms. The Hall–Kier alpha value is -0.790. The molecule has 0 aliphatic heterocycles. The summed E-state index contributed by atoms with van der Waals surface area (Å²) in [4.78, 5) is 11.2. The summed E-state index contributed by atoms with van der Waals surface area (Å²) >= 11 is 0. The average molecular weight is 240 g/mol. The number of hydrogen-bond donors (Lipinski definition) is 0. The van der Waals surface area contributed by atoms with E-state index >= 15 is 0 Å². The van der Waals surface area contributed by atoms with Crippen molar-refractivity contribution in [3.05, 3.63) is 12.3 Å². The summed E-state index contributed by atoms with van der Waals surface area (Å²) in [7, 11) is 0. The predicted molar refractivity (Wildman–Crippen MR) is 72.8 cm³/mol. The summed E-state index contributed by atoms with van der Waals surface area (Å²) in [5, 5.41) is 0. The quantitative estimate of drug-likeness (QED) is 0.289. The summed E-state index contributed by atoms with van der Waals surface area (Å²) < 4.78 is 4.89. The van der Waals surface area contributed by atoms with Crippen molar-refractivity contribution in [3.8, 4) is 0 Å². The van der Waals surface area contributed by atoms with Crippen LogP contribution in [0.1, 0.15) is 78.1 Å². The van der Waals surface area contributed by atoms with Crippen LogP contribution in [-0.2, 0) is 9.53 Å². The number of carbonyl (C=O) groups is 1. The number of ether oxygens (including phenoxy) is 1. The topological polar surface area (TPSA) is 26.3 Å². The summed E-state index contributed by atoms with van der Waals surface area (Å²) in [6.45, 7) is 7.49. The van der Waals surface area contributed by atoms with Crippen LogP contribution in [0, 0.1) is 0 Å². The number of carbonyl (C=O) groups excluding carboxylic acids is 1. The van der Waals surface area contributed by atoms with E-state index in [1.54, 1.807) is 6.92 Å². The third-order valence-corrected chi connectivity index (χ3v) is 2.77. The van der Waals surface area contributed by atoms with Gasteiger partial charge in [0.15, 0.2) is 0 Å². The molecule has 0 rings (SSSR count). The molecule has 0 atom stereocenters. The SMILES string of the molecule is C=C(C)OC(=O)CCCCCCCCCCC. The smallest absolute Gasteiger partial charge is 0.310 e. The van der Waals surface area contributed by atoms with Crippen LogP contribution in [0.3, 0.4) is 0 Å². The Labute approximate surface area is 106 Å². The first-order valence-electron chi connectivity index (χ1n) is 7.03. The predicted octanol–water partition coefficient (Wildman–Crippen LogP) is 4.98. The first-order valence-corrected chi connectivity index (χ1v) is 7.03. The highest BCUT2D eigenvalue weighted by molar-refractivity contribution is 5.70. The summed E-state index contributed by atoms with van der Waals surface area (Å²) in [6, 6.07) is 0. The maximum atomic E-state index is 11.2. The molecule has 0 heterocycles. The van der Waals surface area contributed by atoms with Gasteiger partial charge in [0.05, 0.1) is 5.76 Å². The van der Waals surface area contributed by atoms with Gasteiger partial charge in [-0.05, 0) is 13.3 Å². The second-order valence-electron chi connectivity index (χ2n) is 4.75. The molecule has 0 fully saturated rings. The molecule has 0 aromatic carbocycles. The minimum atomic E-state index is -0.138. The molecule has 0 aliphatic carbocycles. The van der Waals surface area contributed by atoms with Gasteiger partial charge in [-0.25, -0.2) is 0 Å². The normalized spacial score (nSPS) is 10.2. The number of rotatable bonds is 11. The Kier molecular flexibility index (Phi) is 11.1. The highest BCUT2D eigenvalue weighted by atomic mass is 16.5. The van der Waals surface area contributed by atoms with E-state index in [-0.39, 0.29) is 5.97 Å². The third-order valence-electron chi connectivity index (χ3n) is 2.77. The van der Waals surface area contributed by atoms with Gasteiger partial charge in [0.1, 0.15) is 0 Å². The number of hydrogen-bond acceptors (Lipinski definition) is 2. The van der Waals surface area contributed by atoms with Gasteiger partial charge in [-0.2, -0.15) is 0 Å². The lowest BCUT2D eigenvalue weighted by Crippen LogP contribution is -2.01. The molecule has 0 bridgehead atoms. The molecular weight excluding hydrogens is 212 g/mol. The van der Waals surface area contributed by atoms with Crippen molar-refractivity contribution in [2.75, 3.05) is 0 Å². The summed E-state index contributed by atoms with van der Waals surface area (Å²) in [5.74, 6) is 0.353. The number of unbranched alkanes of at least 4 members (excludes halogenated alkanes) is 8. The minimum Gasteiger partial charge on any atom is -0.432 e. The van der Waals surface area contributed by atoms with Crippen molar-refractivity contribution in [3.63, 3.8) is 0 Å². The Morgan fingerprint density at radius 1 is 0.941 bits per heavy atom. The lowest BCUT2D eigenvalue weighted by Gasteiger charge is -2.03. The molecule has 0 saturated carbocycles. The van der Waals surface area contributed by atoms with Crippen molar-refractivity contribution >= 4 is 5.97 Å². The molecule has 0 amide bonds. The fourth-order valence-corrected chi connectivity index (χ4v) is 1.83.